The van der Waals surface area contributed by atoms with Crippen molar-refractivity contribution in [2.75, 3.05) is 6.54 Å². The van der Waals surface area contributed by atoms with Gasteiger partial charge in [-0.25, -0.2) is 4.79 Å². The molecule has 1 fully saturated rings. The average Bonchev–Trinajstić information content (AvgIpc) is 2.53. The summed E-state index contributed by atoms with van der Waals surface area (Å²) in [5, 5.41) is 9.26. The number of benzene rings is 1. The van der Waals surface area contributed by atoms with E-state index in [-0.39, 0.29) is 11.2 Å². The molecule has 0 radical (unpaired) electrons. The van der Waals surface area contributed by atoms with Crippen molar-refractivity contribution in [2.24, 2.45) is 0 Å². The summed E-state index contributed by atoms with van der Waals surface area (Å²) in [7, 11) is -1.09. The van der Waals surface area contributed by atoms with E-state index < -0.39 is 22.8 Å². The van der Waals surface area contributed by atoms with Crippen LogP contribution in [0.4, 0.5) is 0 Å². The molecule has 1 amide bonds. The largest absolute Gasteiger partial charge is 0.480 e. The first-order valence-corrected chi connectivity index (χ1v) is 8.67. The first kappa shape index (κ1) is 16.7. The molecule has 1 saturated heterocycles. The van der Waals surface area contributed by atoms with Crippen LogP contribution in [0.15, 0.2) is 29.2 Å². The average molecular weight is 323 g/mol. The van der Waals surface area contributed by atoms with E-state index >= 15 is 0 Å². The molecule has 1 aromatic rings. The minimum absolute atomic E-state index is 0.0139. The third kappa shape index (κ3) is 3.55. The van der Waals surface area contributed by atoms with Gasteiger partial charge in [-0.2, -0.15) is 0 Å². The number of carbonyl (C=O) groups is 2. The molecule has 0 unspecified atom stereocenters. The fourth-order valence-corrected chi connectivity index (χ4v) is 3.55. The number of piperidine rings is 1. The van der Waals surface area contributed by atoms with E-state index in [1.807, 2.05) is 13.8 Å². The molecule has 1 aromatic carbocycles. The van der Waals surface area contributed by atoms with Crippen molar-refractivity contribution >= 4 is 22.7 Å². The Labute approximate surface area is 132 Å². The van der Waals surface area contributed by atoms with Crippen LogP contribution in [-0.2, 0) is 15.6 Å². The van der Waals surface area contributed by atoms with Crippen LogP contribution in [0.25, 0.3) is 0 Å². The summed E-state index contributed by atoms with van der Waals surface area (Å²) in [5.74, 6) is -1.22. The fraction of sp³-hybridized carbons (Fsp3) is 0.500. The molecule has 5 nitrogen and oxygen atoms in total. The number of hydrogen-bond acceptors (Lipinski definition) is 3. The highest BCUT2D eigenvalue weighted by atomic mass is 32.2. The van der Waals surface area contributed by atoms with Crippen LogP contribution >= 0.6 is 0 Å². The molecule has 6 heteroatoms. The second-order valence-corrected chi connectivity index (χ2v) is 7.73. The zero-order valence-corrected chi connectivity index (χ0v) is 13.6. The number of amides is 1. The number of aliphatic carboxylic acids is 1. The maximum Gasteiger partial charge on any atom is 0.326 e. The molecular weight excluding hydrogens is 302 g/mol. The molecule has 2 atom stereocenters. The fourth-order valence-electron chi connectivity index (χ4n) is 2.60. The maximum atomic E-state index is 12.5. The van der Waals surface area contributed by atoms with E-state index in [4.69, 9.17) is 0 Å². The van der Waals surface area contributed by atoms with Crippen LogP contribution < -0.4 is 0 Å². The normalized spacial score (nSPS) is 20.0. The van der Waals surface area contributed by atoms with Gasteiger partial charge >= 0.3 is 5.97 Å². The highest BCUT2D eigenvalue weighted by molar-refractivity contribution is 7.85. The van der Waals surface area contributed by atoms with Crippen LogP contribution in [0.5, 0.6) is 0 Å². The highest BCUT2D eigenvalue weighted by Gasteiger charge is 2.32. The van der Waals surface area contributed by atoms with Gasteiger partial charge in [0.05, 0.1) is 10.8 Å². The zero-order chi connectivity index (χ0) is 16.3. The second kappa shape index (κ2) is 7.05. The molecule has 1 N–H and O–H groups in total. The quantitative estimate of drug-likeness (QED) is 0.922. The molecule has 0 bridgehead atoms. The zero-order valence-electron chi connectivity index (χ0n) is 12.8. The van der Waals surface area contributed by atoms with E-state index in [0.29, 0.717) is 23.4 Å². The van der Waals surface area contributed by atoms with Crippen molar-refractivity contribution < 1.29 is 18.9 Å². The number of rotatable bonds is 4. The molecule has 1 aliphatic heterocycles. The Hall–Kier alpha value is -1.69. The lowest BCUT2D eigenvalue weighted by Gasteiger charge is -2.33. The van der Waals surface area contributed by atoms with E-state index in [1.165, 1.54) is 4.90 Å². The van der Waals surface area contributed by atoms with E-state index in [1.54, 1.807) is 24.3 Å². The third-order valence-corrected chi connectivity index (χ3v) is 5.40. The van der Waals surface area contributed by atoms with Crippen LogP contribution in [-0.4, -0.2) is 43.9 Å². The Morgan fingerprint density at radius 2 is 1.86 bits per heavy atom. The monoisotopic (exact) mass is 323 g/mol. The van der Waals surface area contributed by atoms with E-state index in [9.17, 15) is 18.9 Å². The van der Waals surface area contributed by atoms with Crippen LogP contribution in [0, 0.1) is 0 Å². The first-order chi connectivity index (χ1) is 10.4. The van der Waals surface area contributed by atoms with E-state index in [2.05, 4.69) is 0 Å². The summed E-state index contributed by atoms with van der Waals surface area (Å²) in [6.45, 7) is 4.22. The molecule has 1 heterocycles. The first-order valence-electron chi connectivity index (χ1n) is 7.46. The van der Waals surface area contributed by atoms with Gasteiger partial charge in [-0.3, -0.25) is 9.00 Å². The molecule has 2 rings (SSSR count). The van der Waals surface area contributed by atoms with Crippen molar-refractivity contribution in [2.45, 2.75) is 49.3 Å². The summed E-state index contributed by atoms with van der Waals surface area (Å²) in [4.78, 5) is 25.9. The second-order valence-electron chi connectivity index (χ2n) is 5.72. The van der Waals surface area contributed by atoms with E-state index in [0.717, 1.165) is 12.8 Å². The van der Waals surface area contributed by atoms with Crippen molar-refractivity contribution in [3.05, 3.63) is 29.8 Å². The van der Waals surface area contributed by atoms with Gasteiger partial charge in [-0.1, -0.05) is 13.8 Å². The summed E-state index contributed by atoms with van der Waals surface area (Å²) < 4.78 is 12.0. The number of nitrogens with zero attached hydrogens (tertiary/aromatic N) is 1. The van der Waals surface area contributed by atoms with Gasteiger partial charge in [0.15, 0.2) is 0 Å². The lowest BCUT2D eigenvalue weighted by Crippen LogP contribution is -2.47. The highest BCUT2D eigenvalue weighted by Crippen LogP contribution is 2.21. The summed E-state index contributed by atoms with van der Waals surface area (Å²) in [5.41, 5.74) is 0.442. The Balaban J connectivity index is 2.18. The number of hydrogen-bond donors (Lipinski definition) is 1. The number of carboxylic acid groups (broad SMARTS) is 1. The molecule has 0 saturated carbocycles. The van der Waals surface area contributed by atoms with Crippen molar-refractivity contribution in [3.8, 4) is 0 Å². The number of carbonyl (C=O) groups excluding carboxylic acids is 1. The van der Waals surface area contributed by atoms with Gasteiger partial charge in [0.2, 0.25) is 0 Å². The Kier molecular flexibility index (Phi) is 5.34. The van der Waals surface area contributed by atoms with Gasteiger partial charge in [-0.05, 0) is 43.5 Å². The van der Waals surface area contributed by atoms with Crippen molar-refractivity contribution in [3.63, 3.8) is 0 Å². The Morgan fingerprint density at radius 3 is 2.41 bits per heavy atom. The molecular formula is C16H21NO4S. The smallest absolute Gasteiger partial charge is 0.326 e. The molecule has 22 heavy (non-hydrogen) atoms. The maximum absolute atomic E-state index is 12.5. The van der Waals surface area contributed by atoms with Gasteiger partial charge in [0, 0.05) is 22.3 Å². The lowest BCUT2D eigenvalue weighted by atomic mass is 10.0. The summed E-state index contributed by atoms with van der Waals surface area (Å²) in [6, 6.07) is 5.88. The Bertz CT molecular complexity index is 582. The predicted octanol–water partition coefficient (Wildman–Crippen LogP) is 2.28. The van der Waals surface area contributed by atoms with Crippen LogP contribution in [0.2, 0.25) is 0 Å². The standard InChI is InChI=1S/C16H21NO4S/c1-11(2)22(21)13-8-6-12(7-9-13)15(18)17-10-4-3-5-14(17)16(19)20/h6-9,11,14H,3-5,10H2,1-2H3,(H,19,20)/t14-,22+/m1/s1. The number of carboxylic acids is 1. The third-order valence-electron chi connectivity index (χ3n) is 3.81. The number of likely N-dealkylation sites (tertiary alicyclic amines) is 1. The van der Waals surface area contributed by atoms with Crippen LogP contribution in [0.3, 0.4) is 0 Å². The SMILES string of the molecule is CC(C)[S@](=O)c1ccc(C(=O)N2CCCC[C@@H]2C(=O)O)cc1. The Morgan fingerprint density at radius 1 is 1.23 bits per heavy atom. The van der Waals surface area contributed by atoms with Crippen molar-refractivity contribution in [1.82, 2.24) is 4.90 Å². The van der Waals surface area contributed by atoms with Gasteiger partial charge in [-0.15, -0.1) is 0 Å². The van der Waals surface area contributed by atoms with Gasteiger partial charge in [0.25, 0.3) is 5.91 Å². The summed E-state index contributed by atoms with van der Waals surface area (Å²) >= 11 is 0. The van der Waals surface area contributed by atoms with Crippen LogP contribution in [0.1, 0.15) is 43.5 Å². The summed E-state index contributed by atoms with van der Waals surface area (Å²) in [6.07, 6.45) is 2.15. The molecule has 120 valence electrons. The molecule has 0 spiro atoms. The molecule has 0 aromatic heterocycles. The van der Waals surface area contributed by atoms with Gasteiger partial charge in [0.1, 0.15) is 6.04 Å². The predicted molar refractivity (Wildman–Crippen MR) is 84.3 cm³/mol. The van der Waals surface area contributed by atoms with Crippen molar-refractivity contribution in [1.29, 1.82) is 0 Å². The van der Waals surface area contributed by atoms with Gasteiger partial charge < -0.3 is 10.0 Å². The minimum atomic E-state index is -1.09. The molecule has 1 aliphatic rings. The molecule has 0 aliphatic carbocycles. The minimum Gasteiger partial charge on any atom is -0.480 e. The lowest BCUT2D eigenvalue weighted by molar-refractivity contribution is -0.143. The topological polar surface area (TPSA) is 74.7 Å².